The Balaban J connectivity index is 2.08. The average Bonchev–Trinajstić information content (AvgIpc) is 2.31. The zero-order valence-corrected chi connectivity index (χ0v) is 9.82. The van der Waals surface area contributed by atoms with Gasteiger partial charge in [-0.25, -0.2) is 4.98 Å². The van der Waals surface area contributed by atoms with Crippen LogP contribution in [0, 0.1) is 0 Å². The SMILES string of the molecule is O=S(=O)(OC1CCCCC1)c1ccccn1. The highest BCUT2D eigenvalue weighted by atomic mass is 32.2. The number of pyridine rings is 1. The molecule has 0 spiro atoms. The van der Waals surface area contributed by atoms with Gasteiger partial charge >= 0.3 is 10.1 Å². The summed E-state index contributed by atoms with van der Waals surface area (Å²) in [5.41, 5.74) is 0. The van der Waals surface area contributed by atoms with Crippen LogP contribution >= 0.6 is 0 Å². The van der Waals surface area contributed by atoms with Crippen LogP contribution < -0.4 is 0 Å². The molecule has 0 amide bonds. The van der Waals surface area contributed by atoms with Crippen molar-refractivity contribution in [1.82, 2.24) is 4.98 Å². The Kier molecular flexibility index (Phi) is 3.56. The second-order valence-corrected chi connectivity index (χ2v) is 5.50. The summed E-state index contributed by atoms with van der Waals surface area (Å²) in [5, 5.41) is 0.000531. The zero-order chi connectivity index (χ0) is 11.4. The molecule has 0 N–H and O–H groups in total. The van der Waals surface area contributed by atoms with Crippen molar-refractivity contribution in [2.45, 2.75) is 43.2 Å². The van der Waals surface area contributed by atoms with E-state index in [-0.39, 0.29) is 11.1 Å². The lowest BCUT2D eigenvalue weighted by Crippen LogP contribution is -2.21. The highest BCUT2D eigenvalue weighted by Gasteiger charge is 2.24. The molecule has 0 saturated heterocycles. The van der Waals surface area contributed by atoms with Gasteiger partial charge in [-0.1, -0.05) is 25.3 Å². The minimum absolute atomic E-state index is 0.000531. The van der Waals surface area contributed by atoms with Crippen LogP contribution in [-0.2, 0) is 14.3 Å². The van der Waals surface area contributed by atoms with E-state index < -0.39 is 10.1 Å². The van der Waals surface area contributed by atoms with Crippen LogP contribution in [0.3, 0.4) is 0 Å². The first-order chi connectivity index (χ1) is 7.68. The van der Waals surface area contributed by atoms with Crippen molar-refractivity contribution in [3.05, 3.63) is 24.4 Å². The van der Waals surface area contributed by atoms with Gasteiger partial charge in [-0.15, -0.1) is 0 Å². The van der Waals surface area contributed by atoms with Crippen LogP contribution in [0.4, 0.5) is 0 Å². The lowest BCUT2D eigenvalue weighted by molar-refractivity contribution is 0.161. The Hall–Kier alpha value is -0.940. The quantitative estimate of drug-likeness (QED) is 0.761. The van der Waals surface area contributed by atoms with Gasteiger partial charge < -0.3 is 0 Å². The van der Waals surface area contributed by atoms with E-state index in [2.05, 4.69) is 4.98 Å². The summed E-state index contributed by atoms with van der Waals surface area (Å²) in [6, 6.07) is 4.78. The molecule has 88 valence electrons. The lowest BCUT2D eigenvalue weighted by atomic mass is 9.98. The molecule has 2 rings (SSSR count). The Morgan fingerprint density at radius 3 is 2.56 bits per heavy atom. The van der Waals surface area contributed by atoms with E-state index >= 15 is 0 Å². The summed E-state index contributed by atoms with van der Waals surface area (Å²) in [4.78, 5) is 3.80. The smallest absolute Gasteiger partial charge is 0.262 e. The van der Waals surface area contributed by atoms with Crippen molar-refractivity contribution in [2.75, 3.05) is 0 Å². The molecule has 0 aromatic carbocycles. The summed E-state index contributed by atoms with van der Waals surface area (Å²) in [5.74, 6) is 0. The molecule has 0 atom stereocenters. The summed E-state index contributed by atoms with van der Waals surface area (Å²) < 4.78 is 28.8. The minimum Gasteiger partial charge on any atom is -0.262 e. The molecule has 1 aliphatic rings. The molecule has 4 nitrogen and oxygen atoms in total. The van der Waals surface area contributed by atoms with Crippen LogP contribution in [0.1, 0.15) is 32.1 Å². The van der Waals surface area contributed by atoms with Crippen LogP contribution in [-0.4, -0.2) is 19.5 Å². The van der Waals surface area contributed by atoms with Gasteiger partial charge in [0, 0.05) is 6.20 Å². The Morgan fingerprint density at radius 1 is 1.19 bits per heavy atom. The fourth-order valence-corrected chi connectivity index (χ4v) is 2.97. The van der Waals surface area contributed by atoms with Gasteiger partial charge in [0.2, 0.25) is 0 Å². The van der Waals surface area contributed by atoms with Crippen molar-refractivity contribution >= 4 is 10.1 Å². The van der Waals surface area contributed by atoms with E-state index in [1.165, 1.54) is 18.7 Å². The van der Waals surface area contributed by atoms with Gasteiger partial charge in [-0.05, 0) is 25.0 Å². The van der Waals surface area contributed by atoms with Gasteiger partial charge in [0.05, 0.1) is 6.10 Å². The highest BCUT2D eigenvalue weighted by molar-refractivity contribution is 7.86. The second-order valence-electron chi connectivity index (χ2n) is 3.98. The van der Waals surface area contributed by atoms with E-state index in [1.54, 1.807) is 12.1 Å². The highest BCUT2D eigenvalue weighted by Crippen LogP contribution is 2.23. The number of nitrogens with zero attached hydrogens (tertiary/aromatic N) is 1. The first kappa shape index (κ1) is 11.5. The van der Waals surface area contributed by atoms with Crippen molar-refractivity contribution in [3.8, 4) is 0 Å². The van der Waals surface area contributed by atoms with E-state index in [4.69, 9.17) is 4.18 Å². The molecule has 16 heavy (non-hydrogen) atoms. The fraction of sp³-hybridized carbons (Fsp3) is 0.545. The van der Waals surface area contributed by atoms with Gasteiger partial charge in [-0.3, -0.25) is 4.18 Å². The maximum Gasteiger partial charge on any atom is 0.314 e. The number of aromatic nitrogens is 1. The zero-order valence-electron chi connectivity index (χ0n) is 9.00. The minimum atomic E-state index is -3.67. The molecule has 1 fully saturated rings. The van der Waals surface area contributed by atoms with Gasteiger partial charge in [-0.2, -0.15) is 8.42 Å². The number of hydrogen-bond donors (Lipinski definition) is 0. The topological polar surface area (TPSA) is 56.3 Å². The Labute approximate surface area is 95.8 Å². The second kappa shape index (κ2) is 4.93. The standard InChI is InChI=1S/C11H15NO3S/c13-16(14,11-8-4-5-9-12-11)15-10-6-2-1-3-7-10/h4-5,8-10H,1-3,6-7H2. The van der Waals surface area contributed by atoms with E-state index in [1.807, 2.05) is 0 Å². The molecule has 1 aliphatic carbocycles. The Morgan fingerprint density at radius 2 is 1.94 bits per heavy atom. The molecule has 1 aromatic heterocycles. The molecular formula is C11H15NO3S. The largest absolute Gasteiger partial charge is 0.314 e. The normalized spacial score (nSPS) is 18.5. The molecule has 0 radical (unpaired) electrons. The van der Waals surface area contributed by atoms with Crippen LogP contribution in [0.5, 0.6) is 0 Å². The molecule has 0 bridgehead atoms. The van der Waals surface area contributed by atoms with Crippen molar-refractivity contribution < 1.29 is 12.6 Å². The summed E-state index contributed by atoms with van der Waals surface area (Å²) in [6.07, 6.45) is 6.20. The van der Waals surface area contributed by atoms with Crippen LogP contribution in [0.25, 0.3) is 0 Å². The lowest BCUT2D eigenvalue weighted by Gasteiger charge is -2.20. The molecular weight excluding hydrogens is 226 g/mol. The fourth-order valence-electron chi connectivity index (χ4n) is 1.88. The molecule has 1 aromatic rings. The summed E-state index contributed by atoms with van der Waals surface area (Å²) in [7, 11) is -3.67. The molecule has 0 unspecified atom stereocenters. The van der Waals surface area contributed by atoms with Gasteiger partial charge in [0.25, 0.3) is 0 Å². The third kappa shape index (κ3) is 2.80. The maximum atomic E-state index is 11.8. The maximum absolute atomic E-state index is 11.8. The average molecular weight is 241 g/mol. The monoisotopic (exact) mass is 241 g/mol. The van der Waals surface area contributed by atoms with E-state index in [9.17, 15) is 8.42 Å². The first-order valence-electron chi connectivity index (χ1n) is 5.53. The van der Waals surface area contributed by atoms with E-state index in [0.29, 0.717) is 0 Å². The molecule has 1 saturated carbocycles. The van der Waals surface area contributed by atoms with Crippen LogP contribution in [0.2, 0.25) is 0 Å². The predicted molar refractivity (Wildman–Crippen MR) is 59.4 cm³/mol. The predicted octanol–water partition coefficient (Wildman–Crippen LogP) is 2.12. The van der Waals surface area contributed by atoms with Gasteiger partial charge in [0.1, 0.15) is 0 Å². The van der Waals surface area contributed by atoms with Crippen molar-refractivity contribution in [1.29, 1.82) is 0 Å². The third-order valence-corrected chi connectivity index (χ3v) is 3.99. The first-order valence-corrected chi connectivity index (χ1v) is 6.94. The Bertz CT molecular complexity index is 424. The molecule has 5 heteroatoms. The van der Waals surface area contributed by atoms with Crippen molar-refractivity contribution in [2.24, 2.45) is 0 Å². The van der Waals surface area contributed by atoms with Crippen molar-refractivity contribution in [3.63, 3.8) is 0 Å². The number of hydrogen-bond acceptors (Lipinski definition) is 4. The van der Waals surface area contributed by atoms with E-state index in [0.717, 1.165) is 25.7 Å². The summed E-state index contributed by atoms with van der Waals surface area (Å²) >= 11 is 0. The van der Waals surface area contributed by atoms with Crippen LogP contribution in [0.15, 0.2) is 29.4 Å². The molecule has 0 aliphatic heterocycles. The third-order valence-electron chi connectivity index (χ3n) is 2.71. The summed E-state index contributed by atoms with van der Waals surface area (Å²) in [6.45, 7) is 0. The van der Waals surface area contributed by atoms with Gasteiger partial charge in [0.15, 0.2) is 5.03 Å². The number of rotatable bonds is 3. The molecule has 1 heterocycles.